The quantitative estimate of drug-likeness (QED) is 0.419. The number of thioether (sulfide) groups is 1. The number of carbonyl (C=O) groups is 1. The van der Waals surface area contributed by atoms with E-state index in [9.17, 15) is 9.18 Å². The van der Waals surface area contributed by atoms with E-state index < -0.39 is 5.82 Å². The summed E-state index contributed by atoms with van der Waals surface area (Å²) in [5.41, 5.74) is 1.19. The van der Waals surface area contributed by atoms with Gasteiger partial charge in [0, 0.05) is 22.7 Å². The lowest BCUT2D eigenvalue weighted by molar-refractivity contribution is 0.102. The molecular weight excluding hydrogens is 389 g/mol. The van der Waals surface area contributed by atoms with Gasteiger partial charge in [-0.2, -0.15) is 0 Å². The Morgan fingerprint density at radius 2 is 1.96 bits per heavy atom. The van der Waals surface area contributed by atoms with Gasteiger partial charge in [0.1, 0.15) is 0 Å². The molecule has 0 radical (unpaired) electrons. The van der Waals surface area contributed by atoms with Crippen LogP contribution < -0.4 is 4.74 Å². The monoisotopic (exact) mass is 405 g/mol. The number of Topliss-reactive ketones (excluding diaryl/α,β-unsaturated/α-hetero) is 1. The summed E-state index contributed by atoms with van der Waals surface area (Å²) in [5.74, 6) is 0.192. The van der Waals surface area contributed by atoms with Gasteiger partial charge in [-0.1, -0.05) is 23.4 Å². The Balaban J connectivity index is 1.75. The molecule has 0 bridgehead atoms. The molecule has 0 aliphatic carbocycles. The average molecular weight is 406 g/mol. The van der Waals surface area contributed by atoms with Crippen molar-refractivity contribution in [2.24, 2.45) is 0 Å². The summed E-state index contributed by atoms with van der Waals surface area (Å²) < 4.78 is 20.6. The van der Waals surface area contributed by atoms with E-state index in [1.54, 1.807) is 18.2 Å². The largest absolute Gasteiger partial charge is 0.494 e. The predicted molar refractivity (Wildman–Crippen MR) is 104 cm³/mol. The van der Waals surface area contributed by atoms with Crippen LogP contribution in [0.25, 0.3) is 11.4 Å². The minimum atomic E-state index is -0.560. The maximum absolute atomic E-state index is 13.8. The van der Waals surface area contributed by atoms with E-state index in [0.29, 0.717) is 28.1 Å². The van der Waals surface area contributed by atoms with Crippen molar-refractivity contribution < 1.29 is 13.9 Å². The molecule has 0 unspecified atom stereocenters. The van der Waals surface area contributed by atoms with Crippen LogP contribution in [-0.4, -0.2) is 33.4 Å². The van der Waals surface area contributed by atoms with Crippen LogP contribution in [0.5, 0.6) is 5.75 Å². The van der Waals surface area contributed by atoms with Crippen LogP contribution >= 0.6 is 23.4 Å². The molecule has 0 N–H and O–H groups in total. The maximum Gasteiger partial charge on any atom is 0.191 e. The fourth-order valence-electron chi connectivity index (χ4n) is 2.55. The van der Waals surface area contributed by atoms with Crippen molar-refractivity contribution in [1.82, 2.24) is 14.8 Å². The number of benzene rings is 2. The van der Waals surface area contributed by atoms with Crippen molar-refractivity contribution in [3.8, 4) is 17.1 Å². The standard InChI is InChI=1S/C19H17ClFN3O2S/c1-3-24-18(12-4-7-14(20)8-5-12)22-23-19(24)27-11-16(25)13-6-9-17(26-2)15(21)10-13/h4-10H,3,11H2,1-2H3. The van der Waals surface area contributed by atoms with Crippen LogP contribution in [-0.2, 0) is 6.54 Å². The molecule has 0 aliphatic heterocycles. The molecule has 0 spiro atoms. The molecule has 3 rings (SSSR count). The lowest BCUT2D eigenvalue weighted by atomic mass is 10.1. The average Bonchev–Trinajstić information content (AvgIpc) is 3.09. The van der Waals surface area contributed by atoms with Crippen molar-refractivity contribution in [2.75, 3.05) is 12.9 Å². The number of aromatic nitrogens is 3. The highest BCUT2D eigenvalue weighted by molar-refractivity contribution is 7.99. The second-order valence-corrected chi connectivity index (χ2v) is 7.00. The highest BCUT2D eigenvalue weighted by Crippen LogP contribution is 2.26. The Kier molecular flexibility index (Phi) is 6.13. The molecule has 1 aromatic heterocycles. The third-order valence-corrected chi connectivity index (χ3v) is 5.16. The van der Waals surface area contributed by atoms with Crippen LogP contribution in [0.3, 0.4) is 0 Å². The first kappa shape index (κ1) is 19.4. The summed E-state index contributed by atoms with van der Waals surface area (Å²) in [4.78, 5) is 12.4. The van der Waals surface area contributed by atoms with Crippen LogP contribution in [0.4, 0.5) is 4.39 Å². The van der Waals surface area contributed by atoms with E-state index >= 15 is 0 Å². The molecule has 1 heterocycles. The molecule has 8 heteroatoms. The highest BCUT2D eigenvalue weighted by atomic mass is 35.5. The Morgan fingerprint density at radius 1 is 1.22 bits per heavy atom. The molecule has 2 aromatic carbocycles. The zero-order valence-corrected chi connectivity index (χ0v) is 16.4. The summed E-state index contributed by atoms with van der Waals surface area (Å²) in [6.07, 6.45) is 0. The number of ether oxygens (including phenoxy) is 1. The summed E-state index contributed by atoms with van der Waals surface area (Å²) >= 11 is 7.20. The summed E-state index contributed by atoms with van der Waals surface area (Å²) in [6, 6.07) is 11.5. The van der Waals surface area contributed by atoms with Gasteiger partial charge in [-0.05, 0) is 49.4 Å². The number of nitrogens with zero attached hydrogens (tertiary/aromatic N) is 3. The third kappa shape index (κ3) is 4.31. The molecule has 0 atom stereocenters. The van der Waals surface area contributed by atoms with Gasteiger partial charge in [0.2, 0.25) is 0 Å². The number of carbonyl (C=O) groups excluding carboxylic acids is 1. The number of halogens is 2. The summed E-state index contributed by atoms with van der Waals surface area (Å²) in [6.45, 7) is 2.63. The molecule has 140 valence electrons. The molecule has 5 nitrogen and oxygen atoms in total. The predicted octanol–water partition coefficient (Wildman–Crippen LogP) is 4.74. The molecule has 0 amide bonds. The minimum Gasteiger partial charge on any atom is -0.494 e. The van der Waals surface area contributed by atoms with E-state index in [1.165, 1.54) is 31.0 Å². The Bertz CT molecular complexity index is 960. The highest BCUT2D eigenvalue weighted by Gasteiger charge is 2.16. The van der Waals surface area contributed by atoms with Crippen LogP contribution in [0.1, 0.15) is 17.3 Å². The fourth-order valence-corrected chi connectivity index (χ4v) is 3.57. The Labute approximate surface area is 165 Å². The minimum absolute atomic E-state index is 0.109. The number of ketones is 1. The van der Waals surface area contributed by atoms with Crippen molar-refractivity contribution in [1.29, 1.82) is 0 Å². The zero-order valence-electron chi connectivity index (χ0n) is 14.8. The first-order valence-corrected chi connectivity index (χ1v) is 9.58. The molecule has 3 aromatic rings. The third-order valence-electron chi connectivity index (χ3n) is 3.94. The zero-order chi connectivity index (χ0) is 19.4. The number of rotatable bonds is 7. The smallest absolute Gasteiger partial charge is 0.191 e. The Morgan fingerprint density at radius 3 is 2.59 bits per heavy atom. The first-order chi connectivity index (χ1) is 13.0. The summed E-state index contributed by atoms with van der Waals surface area (Å²) in [5, 5.41) is 9.70. The second kappa shape index (κ2) is 8.54. The lowest BCUT2D eigenvalue weighted by Crippen LogP contribution is -2.06. The van der Waals surface area contributed by atoms with Gasteiger partial charge in [0.15, 0.2) is 28.3 Å². The lowest BCUT2D eigenvalue weighted by Gasteiger charge is -2.08. The van der Waals surface area contributed by atoms with Gasteiger partial charge < -0.3 is 9.30 Å². The van der Waals surface area contributed by atoms with Gasteiger partial charge in [0.05, 0.1) is 12.9 Å². The van der Waals surface area contributed by atoms with Crippen LogP contribution in [0, 0.1) is 5.82 Å². The van der Waals surface area contributed by atoms with Gasteiger partial charge in [-0.15, -0.1) is 10.2 Å². The van der Waals surface area contributed by atoms with Gasteiger partial charge in [0.25, 0.3) is 0 Å². The van der Waals surface area contributed by atoms with Crippen LogP contribution in [0.15, 0.2) is 47.6 Å². The van der Waals surface area contributed by atoms with Gasteiger partial charge >= 0.3 is 0 Å². The van der Waals surface area contributed by atoms with Crippen LogP contribution in [0.2, 0.25) is 5.02 Å². The van der Waals surface area contributed by atoms with Gasteiger partial charge in [-0.25, -0.2) is 4.39 Å². The number of methoxy groups -OCH3 is 1. The number of hydrogen-bond donors (Lipinski definition) is 0. The van der Waals surface area contributed by atoms with E-state index in [1.807, 2.05) is 23.6 Å². The maximum atomic E-state index is 13.8. The van der Waals surface area contributed by atoms with Crippen molar-refractivity contribution in [3.05, 3.63) is 58.9 Å². The first-order valence-electron chi connectivity index (χ1n) is 8.22. The SMILES string of the molecule is CCn1c(SCC(=O)c2ccc(OC)c(F)c2)nnc1-c1ccc(Cl)cc1. The molecular formula is C19H17ClFN3O2S. The van der Waals surface area contributed by atoms with E-state index in [-0.39, 0.29) is 17.3 Å². The van der Waals surface area contributed by atoms with Crippen molar-refractivity contribution in [3.63, 3.8) is 0 Å². The normalized spacial score (nSPS) is 10.8. The summed E-state index contributed by atoms with van der Waals surface area (Å²) in [7, 11) is 1.38. The second-order valence-electron chi connectivity index (χ2n) is 5.62. The topological polar surface area (TPSA) is 57.0 Å². The van der Waals surface area contributed by atoms with Crippen molar-refractivity contribution in [2.45, 2.75) is 18.6 Å². The van der Waals surface area contributed by atoms with Gasteiger partial charge in [-0.3, -0.25) is 4.79 Å². The molecule has 0 fully saturated rings. The van der Waals surface area contributed by atoms with E-state index in [4.69, 9.17) is 16.3 Å². The Hall–Kier alpha value is -2.38. The molecule has 0 saturated heterocycles. The van der Waals surface area contributed by atoms with E-state index in [2.05, 4.69) is 10.2 Å². The molecule has 0 aliphatic rings. The van der Waals surface area contributed by atoms with E-state index in [0.717, 1.165) is 5.56 Å². The molecule has 0 saturated carbocycles. The number of hydrogen-bond acceptors (Lipinski definition) is 5. The fraction of sp³-hybridized carbons (Fsp3) is 0.211. The van der Waals surface area contributed by atoms with Crippen molar-refractivity contribution >= 4 is 29.1 Å². The molecule has 27 heavy (non-hydrogen) atoms.